The van der Waals surface area contributed by atoms with Crippen LogP contribution < -0.4 is 0 Å². The van der Waals surface area contributed by atoms with Crippen molar-refractivity contribution in [1.29, 1.82) is 0 Å². The second kappa shape index (κ2) is 8.61. The minimum atomic E-state index is 0.0382. The van der Waals surface area contributed by atoms with Crippen LogP contribution in [-0.2, 0) is 9.63 Å². The van der Waals surface area contributed by atoms with Crippen molar-refractivity contribution in [1.82, 2.24) is 0 Å². The zero-order valence-electron chi connectivity index (χ0n) is 13.6. The van der Waals surface area contributed by atoms with Crippen molar-refractivity contribution in [2.45, 2.75) is 52.4 Å². The van der Waals surface area contributed by atoms with E-state index in [1.807, 2.05) is 25.6 Å². The molecule has 2 rings (SSSR count). The molecule has 1 saturated heterocycles. The molecule has 124 valence electrons. The van der Waals surface area contributed by atoms with Crippen LogP contribution in [0.4, 0.5) is 0 Å². The highest BCUT2D eigenvalue weighted by atomic mass is 32.2. The normalized spacial score (nSPS) is 27.2. The predicted molar refractivity (Wildman–Crippen MR) is 91.4 cm³/mol. The van der Waals surface area contributed by atoms with Gasteiger partial charge in [0.05, 0.1) is 11.3 Å². The molecule has 0 aromatic heterocycles. The minimum Gasteiger partial charge on any atom is -0.511 e. The van der Waals surface area contributed by atoms with E-state index in [1.165, 1.54) is 18.6 Å². The average molecular weight is 325 g/mol. The maximum atomic E-state index is 12.6. The van der Waals surface area contributed by atoms with Crippen LogP contribution in [0.2, 0.25) is 0 Å². The molecule has 0 aromatic carbocycles. The molecule has 0 radical (unpaired) electrons. The fourth-order valence-corrected chi connectivity index (χ4v) is 4.60. The average Bonchev–Trinajstić information content (AvgIpc) is 2.52. The van der Waals surface area contributed by atoms with Gasteiger partial charge in [-0.2, -0.15) is 11.8 Å². The lowest BCUT2D eigenvalue weighted by Crippen LogP contribution is -2.30. The second-order valence-electron chi connectivity index (χ2n) is 6.10. The van der Waals surface area contributed by atoms with E-state index in [0.717, 1.165) is 12.2 Å². The molecule has 1 aliphatic heterocycles. The molecule has 0 saturated carbocycles. The summed E-state index contributed by atoms with van der Waals surface area (Å²) in [6, 6.07) is 0. The number of Topliss-reactive ketones (excluding diaryl/α,β-unsaturated/α-hetero) is 1. The van der Waals surface area contributed by atoms with Gasteiger partial charge in [-0.05, 0) is 49.5 Å². The van der Waals surface area contributed by atoms with Crippen LogP contribution in [0, 0.1) is 11.8 Å². The molecule has 1 heterocycles. The van der Waals surface area contributed by atoms with E-state index in [4.69, 9.17) is 4.84 Å². The van der Waals surface area contributed by atoms with Crippen LogP contribution in [0.1, 0.15) is 52.4 Å². The van der Waals surface area contributed by atoms with Crippen LogP contribution in [0.25, 0.3) is 0 Å². The first-order valence-electron chi connectivity index (χ1n) is 8.39. The number of ketones is 1. The molecule has 5 heteroatoms. The Morgan fingerprint density at radius 1 is 1.36 bits per heavy atom. The summed E-state index contributed by atoms with van der Waals surface area (Å²) in [6.45, 7) is 4.37. The van der Waals surface area contributed by atoms with Gasteiger partial charge in [-0.1, -0.05) is 18.5 Å². The first-order valence-corrected chi connectivity index (χ1v) is 9.55. The Kier molecular flexibility index (Phi) is 6.80. The first kappa shape index (κ1) is 17.4. The van der Waals surface area contributed by atoms with Gasteiger partial charge in [0.1, 0.15) is 12.4 Å². The number of allylic oxidation sites excluding steroid dienone is 2. The second-order valence-corrected chi connectivity index (χ2v) is 7.25. The molecule has 4 nitrogen and oxygen atoms in total. The number of aliphatic hydroxyl groups is 1. The van der Waals surface area contributed by atoms with Crippen LogP contribution in [0.5, 0.6) is 0 Å². The lowest BCUT2D eigenvalue weighted by atomic mass is 9.76. The van der Waals surface area contributed by atoms with Gasteiger partial charge < -0.3 is 9.94 Å². The number of carbonyl (C=O) groups is 1. The van der Waals surface area contributed by atoms with E-state index < -0.39 is 0 Å². The van der Waals surface area contributed by atoms with Gasteiger partial charge in [0.2, 0.25) is 0 Å². The third-order valence-electron chi connectivity index (χ3n) is 4.41. The summed E-state index contributed by atoms with van der Waals surface area (Å²) in [6.07, 6.45) is 5.10. The van der Waals surface area contributed by atoms with Crippen molar-refractivity contribution in [2.75, 3.05) is 18.1 Å². The highest BCUT2D eigenvalue weighted by Crippen LogP contribution is 2.38. The van der Waals surface area contributed by atoms with Gasteiger partial charge in [-0.15, -0.1) is 0 Å². The molecule has 1 aliphatic carbocycles. The van der Waals surface area contributed by atoms with Crippen molar-refractivity contribution in [3.8, 4) is 0 Å². The van der Waals surface area contributed by atoms with Crippen molar-refractivity contribution in [3.63, 3.8) is 0 Å². The summed E-state index contributed by atoms with van der Waals surface area (Å²) in [5.41, 5.74) is 1.04. The molecule has 1 fully saturated rings. The number of hydrogen-bond donors (Lipinski definition) is 1. The van der Waals surface area contributed by atoms with E-state index in [-0.39, 0.29) is 11.5 Å². The largest absolute Gasteiger partial charge is 0.511 e. The molecule has 0 amide bonds. The number of hydrogen-bond acceptors (Lipinski definition) is 5. The number of thioether (sulfide) groups is 1. The number of oxime groups is 1. The molecular formula is C17H27NO3S. The van der Waals surface area contributed by atoms with Gasteiger partial charge in [0.25, 0.3) is 0 Å². The Hall–Kier alpha value is -0.970. The zero-order valence-corrected chi connectivity index (χ0v) is 14.5. The molecule has 2 atom stereocenters. The van der Waals surface area contributed by atoms with E-state index in [0.29, 0.717) is 49.0 Å². The van der Waals surface area contributed by atoms with E-state index >= 15 is 0 Å². The SMILES string of the molecule is CCC/C(=N/OCC)C1=C(O)C[C@H]([C@H]2CCCSC2)CC1=O. The summed E-state index contributed by atoms with van der Waals surface area (Å²) in [4.78, 5) is 17.7. The quantitative estimate of drug-likeness (QED) is 0.589. The lowest BCUT2D eigenvalue weighted by Gasteiger charge is -2.32. The Balaban J connectivity index is 2.15. The molecule has 2 aliphatic rings. The third-order valence-corrected chi connectivity index (χ3v) is 5.65. The number of nitrogens with zero attached hydrogens (tertiary/aromatic N) is 1. The van der Waals surface area contributed by atoms with Gasteiger partial charge in [-0.25, -0.2) is 0 Å². The highest BCUT2D eigenvalue weighted by Gasteiger charge is 2.35. The van der Waals surface area contributed by atoms with Gasteiger partial charge in [0.15, 0.2) is 5.78 Å². The summed E-state index contributed by atoms with van der Waals surface area (Å²) in [5.74, 6) is 3.46. The summed E-state index contributed by atoms with van der Waals surface area (Å²) in [5, 5.41) is 14.5. The van der Waals surface area contributed by atoms with Crippen molar-refractivity contribution < 1.29 is 14.7 Å². The number of rotatable bonds is 6. The van der Waals surface area contributed by atoms with Crippen LogP contribution in [-0.4, -0.2) is 34.7 Å². The van der Waals surface area contributed by atoms with Gasteiger partial charge in [-0.3, -0.25) is 4.79 Å². The van der Waals surface area contributed by atoms with Crippen LogP contribution >= 0.6 is 11.8 Å². The van der Waals surface area contributed by atoms with E-state index in [2.05, 4.69) is 5.16 Å². The smallest absolute Gasteiger partial charge is 0.168 e. The van der Waals surface area contributed by atoms with Crippen LogP contribution in [0.15, 0.2) is 16.5 Å². The van der Waals surface area contributed by atoms with E-state index in [1.54, 1.807) is 0 Å². The predicted octanol–water partition coefficient (Wildman–Crippen LogP) is 4.11. The molecule has 0 bridgehead atoms. The molecule has 1 N–H and O–H groups in total. The van der Waals surface area contributed by atoms with Crippen molar-refractivity contribution >= 4 is 23.3 Å². The number of carbonyl (C=O) groups excluding carboxylic acids is 1. The molecule has 0 spiro atoms. The summed E-state index contributed by atoms with van der Waals surface area (Å²) in [7, 11) is 0. The standard InChI is InChI=1S/C17H27NO3S/c1-3-6-14(18-21-4-2)17-15(19)9-13(10-16(17)20)12-7-5-8-22-11-12/h12-13,19H,3-11H2,1-2H3/b18-14-/t12-,13-/m0/s1. The van der Waals surface area contributed by atoms with Crippen molar-refractivity contribution in [2.24, 2.45) is 17.0 Å². The first-order chi connectivity index (χ1) is 10.7. The Labute approximate surface area is 137 Å². The Bertz CT molecular complexity index is 453. The third kappa shape index (κ3) is 4.28. The summed E-state index contributed by atoms with van der Waals surface area (Å²) >= 11 is 1.97. The van der Waals surface area contributed by atoms with E-state index in [9.17, 15) is 9.90 Å². The minimum absolute atomic E-state index is 0.0382. The van der Waals surface area contributed by atoms with Gasteiger partial charge in [0, 0.05) is 12.8 Å². The van der Waals surface area contributed by atoms with Crippen LogP contribution in [0.3, 0.4) is 0 Å². The number of aliphatic hydroxyl groups excluding tert-OH is 1. The molecule has 0 aromatic rings. The maximum Gasteiger partial charge on any atom is 0.168 e. The molecule has 0 unspecified atom stereocenters. The molecule has 22 heavy (non-hydrogen) atoms. The Morgan fingerprint density at radius 2 is 2.18 bits per heavy atom. The fourth-order valence-electron chi connectivity index (χ4n) is 3.32. The fraction of sp³-hybridized carbons (Fsp3) is 0.765. The van der Waals surface area contributed by atoms with Crippen molar-refractivity contribution in [3.05, 3.63) is 11.3 Å². The van der Waals surface area contributed by atoms with Gasteiger partial charge >= 0.3 is 0 Å². The zero-order chi connectivity index (χ0) is 15.9. The Morgan fingerprint density at radius 3 is 2.77 bits per heavy atom. The summed E-state index contributed by atoms with van der Waals surface area (Å²) < 4.78 is 0. The molecular weight excluding hydrogens is 298 g/mol. The maximum absolute atomic E-state index is 12.6. The highest BCUT2D eigenvalue weighted by molar-refractivity contribution is 7.99. The monoisotopic (exact) mass is 325 g/mol. The topological polar surface area (TPSA) is 58.9 Å². The lowest BCUT2D eigenvalue weighted by molar-refractivity contribution is -0.117.